The Bertz CT molecular complexity index is 447. The van der Waals surface area contributed by atoms with Gasteiger partial charge in [0.2, 0.25) is 0 Å². The van der Waals surface area contributed by atoms with Crippen molar-refractivity contribution in [2.45, 2.75) is 26.6 Å². The molecule has 0 spiro atoms. The van der Waals surface area contributed by atoms with Crippen molar-refractivity contribution in [3.8, 4) is 6.07 Å². The van der Waals surface area contributed by atoms with Crippen molar-refractivity contribution < 1.29 is 13.2 Å². The van der Waals surface area contributed by atoms with Crippen LogP contribution in [0.1, 0.15) is 23.6 Å². The first kappa shape index (κ1) is 14.5. The molecule has 0 bridgehead atoms. The highest BCUT2D eigenvalue weighted by molar-refractivity contribution is 5.37. The Morgan fingerprint density at radius 2 is 2.00 bits per heavy atom. The fraction of sp³-hybridized carbons (Fsp3) is 0.462. The zero-order valence-corrected chi connectivity index (χ0v) is 10.4. The number of rotatable bonds is 4. The summed E-state index contributed by atoms with van der Waals surface area (Å²) in [5.74, 6) is 0. The van der Waals surface area contributed by atoms with E-state index in [0.29, 0.717) is 12.1 Å². The van der Waals surface area contributed by atoms with Gasteiger partial charge in [-0.25, -0.2) is 0 Å². The second-order valence-electron chi connectivity index (χ2n) is 4.17. The molecular weight excluding hydrogens is 241 g/mol. The quantitative estimate of drug-likeness (QED) is 0.826. The molecule has 98 valence electrons. The van der Waals surface area contributed by atoms with Crippen LogP contribution in [0.15, 0.2) is 18.2 Å². The zero-order valence-electron chi connectivity index (χ0n) is 10.4. The predicted octanol–water partition coefficient (Wildman–Crippen LogP) is 3.25. The molecule has 0 aromatic heterocycles. The van der Waals surface area contributed by atoms with Crippen LogP contribution in [0.2, 0.25) is 0 Å². The van der Waals surface area contributed by atoms with Gasteiger partial charge in [0, 0.05) is 6.54 Å². The smallest absolute Gasteiger partial charge is 0.291 e. The first-order valence-corrected chi connectivity index (χ1v) is 5.64. The van der Waals surface area contributed by atoms with Crippen molar-refractivity contribution in [3.63, 3.8) is 0 Å². The Balaban J connectivity index is 2.80. The molecule has 0 aliphatic rings. The molecule has 1 rings (SSSR count). The average Bonchev–Trinajstić information content (AvgIpc) is 2.28. The lowest BCUT2D eigenvalue weighted by atomic mass is 10.1. The van der Waals surface area contributed by atoms with Crippen LogP contribution in [0.4, 0.5) is 13.2 Å². The van der Waals surface area contributed by atoms with Crippen LogP contribution in [-0.2, 0) is 6.54 Å². The molecule has 0 aliphatic heterocycles. The molecule has 0 aliphatic carbocycles. The molecule has 0 unspecified atom stereocenters. The van der Waals surface area contributed by atoms with Gasteiger partial charge in [0.15, 0.2) is 0 Å². The summed E-state index contributed by atoms with van der Waals surface area (Å²) >= 11 is 0. The fourth-order valence-electron chi connectivity index (χ4n) is 1.72. The first-order valence-electron chi connectivity index (χ1n) is 5.64. The van der Waals surface area contributed by atoms with Gasteiger partial charge in [-0.1, -0.05) is 13.0 Å². The molecule has 0 fully saturated rings. The van der Waals surface area contributed by atoms with Crippen LogP contribution in [0.3, 0.4) is 0 Å². The summed E-state index contributed by atoms with van der Waals surface area (Å²) in [7, 11) is 0. The number of halogens is 3. The lowest BCUT2D eigenvalue weighted by Crippen LogP contribution is -2.33. The molecule has 1 aromatic rings. The van der Waals surface area contributed by atoms with Gasteiger partial charge in [-0.2, -0.15) is 18.4 Å². The van der Waals surface area contributed by atoms with Crippen molar-refractivity contribution in [1.29, 1.82) is 5.26 Å². The van der Waals surface area contributed by atoms with Gasteiger partial charge in [0.25, 0.3) is 0 Å². The van der Waals surface area contributed by atoms with Crippen LogP contribution >= 0.6 is 0 Å². The summed E-state index contributed by atoms with van der Waals surface area (Å²) in [5.41, 5.74) is 2.19. The molecule has 18 heavy (non-hydrogen) atoms. The van der Waals surface area contributed by atoms with Crippen molar-refractivity contribution >= 4 is 0 Å². The van der Waals surface area contributed by atoms with Crippen LogP contribution in [-0.4, -0.2) is 24.2 Å². The van der Waals surface area contributed by atoms with E-state index in [9.17, 15) is 13.2 Å². The van der Waals surface area contributed by atoms with E-state index in [1.807, 2.05) is 6.07 Å². The Morgan fingerprint density at radius 1 is 1.33 bits per heavy atom. The Kier molecular flexibility index (Phi) is 4.74. The number of alkyl halides is 3. The third-order valence-electron chi connectivity index (χ3n) is 2.72. The summed E-state index contributed by atoms with van der Waals surface area (Å²) in [6.45, 7) is 3.16. The van der Waals surface area contributed by atoms with Crippen molar-refractivity contribution in [2.24, 2.45) is 0 Å². The van der Waals surface area contributed by atoms with Crippen molar-refractivity contribution in [3.05, 3.63) is 34.9 Å². The van der Waals surface area contributed by atoms with Gasteiger partial charge in [0.1, 0.15) is 0 Å². The predicted molar refractivity (Wildman–Crippen MR) is 62.9 cm³/mol. The third-order valence-corrected chi connectivity index (χ3v) is 2.72. The number of hydrogen-bond acceptors (Lipinski definition) is 2. The van der Waals surface area contributed by atoms with E-state index >= 15 is 0 Å². The average molecular weight is 256 g/mol. The van der Waals surface area contributed by atoms with Gasteiger partial charge in [-0.15, -0.1) is 0 Å². The van der Waals surface area contributed by atoms with Crippen LogP contribution in [0.5, 0.6) is 0 Å². The number of nitrogens with zero attached hydrogens (tertiary/aromatic N) is 2. The lowest BCUT2D eigenvalue weighted by molar-refractivity contribution is -0.146. The second-order valence-corrected chi connectivity index (χ2v) is 4.17. The molecule has 0 atom stereocenters. The topological polar surface area (TPSA) is 27.0 Å². The molecule has 0 amide bonds. The molecule has 0 N–H and O–H groups in total. The number of aryl methyl sites for hydroxylation is 1. The maximum atomic E-state index is 12.3. The van der Waals surface area contributed by atoms with Gasteiger partial charge in [0.05, 0.1) is 18.2 Å². The van der Waals surface area contributed by atoms with E-state index in [1.54, 1.807) is 32.0 Å². The molecular formula is C13H15F3N2. The Labute approximate surface area is 105 Å². The summed E-state index contributed by atoms with van der Waals surface area (Å²) in [5, 5.41) is 8.72. The maximum absolute atomic E-state index is 12.3. The van der Waals surface area contributed by atoms with E-state index in [4.69, 9.17) is 5.26 Å². The molecule has 0 heterocycles. The molecule has 1 aromatic carbocycles. The summed E-state index contributed by atoms with van der Waals surface area (Å²) in [6.07, 6.45) is -4.18. The fourth-order valence-corrected chi connectivity index (χ4v) is 1.72. The minimum Gasteiger partial charge on any atom is -0.291 e. The van der Waals surface area contributed by atoms with E-state index in [1.165, 1.54) is 4.90 Å². The standard InChI is InChI=1S/C13H15F3N2/c1-3-18(9-13(14,15)16)8-12-5-4-11(7-17)6-10(12)2/h4-6H,3,8-9H2,1-2H3. The van der Waals surface area contributed by atoms with Crippen molar-refractivity contribution in [1.82, 2.24) is 4.90 Å². The SMILES string of the molecule is CCN(Cc1ccc(C#N)cc1C)CC(F)(F)F. The van der Waals surface area contributed by atoms with Crippen LogP contribution in [0.25, 0.3) is 0 Å². The second kappa shape index (κ2) is 5.87. The van der Waals surface area contributed by atoms with Gasteiger partial charge in [-0.3, -0.25) is 4.90 Å². The van der Waals surface area contributed by atoms with E-state index in [2.05, 4.69) is 0 Å². The summed E-state index contributed by atoms with van der Waals surface area (Å²) < 4.78 is 37.0. The van der Waals surface area contributed by atoms with E-state index < -0.39 is 12.7 Å². The zero-order chi connectivity index (χ0) is 13.8. The highest BCUT2D eigenvalue weighted by atomic mass is 19.4. The van der Waals surface area contributed by atoms with Gasteiger partial charge >= 0.3 is 6.18 Å². The molecule has 2 nitrogen and oxygen atoms in total. The first-order chi connectivity index (χ1) is 8.35. The molecule has 0 saturated carbocycles. The van der Waals surface area contributed by atoms with Crippen LogP contribution in [0, 0.1) is 18.3 Å². The number of hydrogen-bond donors (Lipinski definition) is 0. The Hall–Kier alpha value is -1.54. The maximum Gasteiger partial charge on any atom is 0.401 e. The summed E-state index contributed by atoms with van der Waals surface area (Å²) in [4.78, 5) is 1.33. The highest BCUT2D eigenvalue weighted by Gasteiger charge is 2.30. The number of benzene rings is 1. The summed E-state index contributed by atoms with van der Waals surface area (Å²) in [6, 6.07) is 7.04. The number of nitriles is 1. The van der Waals surface area contributed by atoms with Gasteiger partial charge in [-0.05, 0) is 36.7 Å². The Morgan fingerprint density at radius 3 is 2.44 bits per heavy atom. The van der Waals surface area contributed by atoms with E-state index in [-0.39, 0.29) is 6.54 Å². The van der Waals surface area contributed by atoms with Crippen LogP contribution < -0.4 is 0 Å². The van der Waals surface area contributed by atoms with E-state index in [0.717, 1.165) is 11.1 Å². The largest absolute Gasteiger partial charge is 0.401 e. The molecule has 0 radical (unpaired) electrons. The lowest BCUT2D eigenvalue weighted by Gasteiger charge is -2.22. The monoisotopic (exact) mass is 256 g/mol. The van der Waals surface area contributed by atoms with Crippen molar-refractivity contribution in [2.75, 3.05) is 13.1 Å². The minimum atomic E-state index is -4.18. The highest BCUT2D eigenvalue weighted by Crippen LogP contribution is 2.19. The molecule has 5 heteroatoms. The molecule has 0 saturated heterocycles. The minimum absolute atomic E-state index is 0.244. The normalized spacial score (nSPS) is 11.6. The third kappa shape index (κ3) is 4.38. The van der Waals surface area contributed by atoms with Gasteiger partial charge < -0.3 is 0 Å².